The maximum atomic E-state index is 8.74. The quantitative estimate of drug-likeness (QED) is 0.650. The smallest absolute Gasteiger partial charge is 0.141 e. The van der Waals surface area contributed by atoms with Gasteiger partial charge in [-0.3, -0.25) is 0 Å². The molecular weight excluding hydrogens is 142 g/mol. The summed E-state index contributed by atoms with van der Waals surface area (Å²) in [7, 11) is 0. The van der Waals surface area contributed by atoms with Crippen molar-refractivity contribution >= 4 is 5.82 Å². The molecule has 0 aliphatic carbocycles. The molecule has 11 heavy (non-hydrogen) atoms. The summed E-state index contributed by atoms with van der Waals surface area (Å²) >= 11 is 0. The monoisotopic (exact) mass is 155 g/mol. The van der Waals surface area contributed by atoms with Crippen LogP contribution in [0.15, 0.2) is 12.5 Å². The van der Waals surface area contributed by atoms with Crippen molar-refractivity contribution in [2.24, 2.45) is 5.92 Å². The molecule has 1 rings (SSSR count). The Morgan fingerprint density at radius 1 is 1.82 bits per heavy atom. The summed E-state index contributed by atoms with van der Waals surface area (Å²) in [4.78, 5) is 3.86. The second-order valence-electron chi connectivity index (χ2n) is 2.78. The number of nitrogens with two attached hydrogens (primary N) is 1. The predicted molar refractivity (Wildman–Crippen MR) is 42.9 cm³/mol. The molecule has 0 saturated carbocycles. The zero-order valence-electron chi connectivity index (χ0n) is 6.57. The lowest BCUT2D eigenvalue weighted by molar-refractivity contribution is 0.223. The van der Waals surface area contributed by atoms with Gasteiger partial charge in [0.15, 0.2) is 0 Å². The van der Waals surface area contributed by atoms with Crippen molar-refractivity contribution in [1.29, 1.82) is 0 Å². The van der Waals surface area contributed by atoms with Gasteiger partial charge in [-0.15, -0.1) is 0 Å². The van der Waals surface area contributed by atoms with E-state index >= 15 is 0 Å². The van der Waals surface area contributed by atoms with E-state index in [0.29, 0.717) is 5.82 Å². The van der Waals surface area contributed by atoms with Gasteiger partial charge in [0.2, 0.25) is 0 Å². The van der Waals surface area contributed by atoms with Crippen molar-refractivity contribution in [3.05, 3.63) is 12.5 Å². The predicted octanol–water partition coefficient (Wildman–Crippen LogP) is 0.0937. The molecule has 0 radical (unpaired) electrons. The Hall–Kier alpha value is -1.03. The highest BCUT2D eigenvalue weighted by Gasteiger charge is 2.00. The Morgan fingerprint density at radius 3 is 3.00 bits per heavy atom. The Labute approximate surface area is 65.7 Å². The first-order chi connectivity index (χ1) is 5.22. The molecule has 0 amide bonds. The van der Waals surface area contributed by atoms with Crippen molar-refractivity contribution in [3.8, 4) is 0 Å². The Kier molecular flexibility index (Phi) is 2.48. The third-order valence-electron chi connectivity index (χ3n) is 1.49. The van der Waals surface area contributed by atoms with Gasteiger partial charge in [0.1, 0.15) is 5.82 Å². The highest BCUT2D eigenvalue weighted by molar-refractivity contribution is 5.22. The molecule has 0 aliphatic heterocycles. The molecule has 1 unspecified atom stereocenters. The number of anilines is 1. The molecule has 0 fully saturated rings. The molecule has 4 heteroatoms. The largest absolute Gasteiger partial charge is 0.396 e. The fraction of sp³-hybridized carbons (Fsp3) is 0.571. The molecule has 0 aliphatic rings. The van der Waals surface area contributed by atoms with E-state index in [1.165, 1.54) is 0 Å². The SMILES string of the molecule is CC(CO)Cn1cnc(N)c1. The molecule has 0 aromatic carbocycles. The molecule has 0 spiro atoms. The van der Waals surface area contributed by atoms with Gasteiger partial charge in [-0.1, -0.05) is 6.92 Å². The molecule has 62 valence electrons. The van der Waals surface area contributed by atoms with Gasteiger partial charge in [0, 0.05) is 19.3 Å². The van der Waals surface area contributed by atoms with Crippen LogP contribution in [0.4, 0.5) is 5.82 Å². The van der Waals surface area contributed by atoms with E-state index in [2.05, 4.69) is 4.98 Å². The van der Waals surface area contributed by atoms with E-state index in [1.54, 1.807) is 12.5 Å². The maximum absolute atomic E-state index is 8.74. The average molecular weight is 155 g/mol. The van der Waals surface area contributed by atoms with Gasteiger partial charge in [-0.05, 0) is 5.92 Å². The first kappa shape index (κ1) is 8.07. The van der Waals surface area contributed by atoms with Crippen LogP contribution in [0.1, 0.15) is 6.92 Å². The van der Waals surface area contributed by atoms with E-state index < -0.39 is 0 Å². The standard InChI is InChI=1S/C7H13N3O/c1-6(4-11)2-10-3-7(8)9-5-10/h3,5-6,11H,2,4,8H2,1H3. The van der Waals surface area contributed by atoms with Crippen molar-refractivity contribution in [2.45, 2.75) is 13.5 Å². The minimum Gasteiger partial charge on any atom is -0.396 e. The molecule has 1 aromatic rings. The van der Waals surface area contributed by atoms with Crippen LogP contribution in [0.5, 0.6) is 0 Å². The van der Waals surface area contributed by atoms with Crippen LogP contribution in [0, 0.1) is 5.92 Å². The van der Waals surface area contributed by atoms with Gasteiger partial charge < -0.3 is 15.4 Å². The van der Waals surface area contributed by atoms with Crippen molar-refractivity contribution in [3.63, 3.8) is 0 Å². The van der Waals surface area contributed by atoms with E-state index in [4.69, 9.17) is 10.8 Å². The number of aliphatic hydroxyl groups excluding tert-OH is 1. The van der Waals surface area contributed by atoms with Crippen molar-refractivity contribution in [1.82, 2.24) is 9.55 Å². The lowest BCUT2D eigenvalue weighted by Gasteiger charge is -2.06. The van der Waals surface area contributed by atoms with Gasteiger partial charge in [0.25, 0.3) is 0 Å². The number of hydrogen-bond donors (Lipinski definition) is 2. The number of nitrogens with zero attached hydrogens (tertiary/aromatic N) is 2. The second kappa shape index (κ2) is 3.39. The van der Waals surface area contributed by atoms with Crippen LogP contribution >= 0.6 is 0 Å². The summed E-state index contributed by atoms with van der Waals surface area (Å²) in [6.07, 6.45) is 3.42. The van der Waals surface area contributed by atoms with Crippen LogP contribution < -0.4 is 5.73 Å². The highest BCUT2D eigenvalue weighted by atomic mass is 16.3. The van der Waals surface area contributed by atoms with E-state index in [-0.39, 0.29) is 12.5 Å². The number of imidazole rings is 1. The molecule has 0 saturated heterocycles. The van der Waals surface area contributed by atoms with Gasteiger partial charge in [0.05, 0.1) is 6.33 Å². The fourth-order valence-corrected chi connectivity index (χ4v) is 0.895. The minimum atomic E-state index is 0.193. The maximum Gasteiger partial charge on any atom is 0.141 e. The van der Waals surface area contributed by atoms with Crippen LogP contribution in [0.2, 0.25) is 0 Å². The number of nitrogen functional groups attached to an aromatic ring is 1. The Bertz CT molecular complexity index is 221. The molecule has 1 heterocycles. The zero-order valence-corrected chi connectivity index (χ0v) is 6.57. The summed E-state index contributed by atoms with van der Waals surface area (Å²) in [6.45, 7) is 2.93. The van der Waals surface area contributed by atoms with E-state index in [9.17, 15) is 0 Å². The first-order valence-electron chi connectivity index (χ1n) is 3.60. The normalized spacial score (nSPS) is 13.3. The third kappa shape index (κ3) is 2.23. The number of hydrogen-bond acceptors (Lipinski definition) is 3. The van der Waals surface area contributed by atoms with Crippen LogP contribution in [0.3, 0.4) is 0 Å². The Balaban J connectivity index is 2.50. The summed E-state index contributed by atoms with van der Waals surface area (Å²) in [6, 6.07) is 0. The molecule has 1 aromatic heterocycles. The summed E-state index contributed by atoms with van der Waals surface area (Å²) in [5.41, 5.74) is 5.40. The summed E-state index contributed by atoms with van der Waals surface area (Å²) in [5.74, 6) is 0.777. The summed E-state index contributed by atoms with van der Waals surface area (Å²) in [5, 5.41) is 8.74. The molecule has 4 nitrogen and oxygen atoms in total. The first-order valence-corrected chi connectivity index (χ1v) is 3.60. The third-order valence-corrected chi connectivity index (χ3v) is 1.49. The minimum absolute atomic E-state index is 0.193. The Morgan fingerprint density at radius 2 is 2.55 bits per heavy atom. The topological polar surface area (TPSA) is 64.1 Å². The van der Waals surface area contributed by atoms with Gasteiger partial charge >= 0.3 is 0 Å². The number of aliphatic hydroxyl groups is 1. The number of rotatable bonds is 3. The lowest BCUT2D eigenvalue weighted by Crippen LogP contribution is -2.09. The van der Waals surface area contributed by atoms with Crippen LogP contribution in [-0.4, -0.2) is 21.3 Å². The summed E-state index contributed by atoms with van der Waals surface area (Å²) < 4.78 is 1.87. The molecule has 3 N–H and O–H groups in total. The number of aromatic nitrogens is 2. The fourth-order valence-electron chi connectivity index (χ4n) is 0.895. The van der Waals surface area contributed by atoms with Crippen LogP contribution in [0.25, 0.3) is 0 Å². The highest BCUT2D eigenvalue weighted by Crippen LogP contribution is 2.01. The van der Waals surface area contributed by atoms with E-state index in [1.807, 2.05) is 11.5 Å². The van der Waals surface area contributed by atoms with Gasteiger partial charge in [-0.2, -0.15) is 0 Å². The zero-order chi connectivity index (χ0) is 8.27. The average Bonchev–Trinajstić information content (AvgIpc) is 2.35. The lowest BCUT2D eigenvalue weighted by atomic mass is 10.2. The molecular formula is C7H13N3O. The van der Waals surface area contributed by atoms with Crippen molar-refractivity contribution in [2.75, 3.05) is 12.3 Å². The molecule has 1 atom stereocenters. The van der Waals surface area contributed by atoms with Gasteiger partial charge in [-0.25, -0.2) is 4.98 Å². The van der Waals surface area contributed by atoms with E-state index in [0.717, 1.165) is 6.54 Å². The van der Waals surface area contributed by atoms with Crippen LogP contribution in [-0.2, 0) is 6.54 Å². The molecule has 0 bridgehead atoms. The second-order valence-corrected chi connectivity index (χ2v) is 2.78. The van der Waals surface area contributed by atoms with Crippen molar-refractivity contribution < 1.29 is 5.11 Å².